The van der Waals surface area contributed by atoms with Crippen LogP contribution in [0.2, 0.25) is 0 Å². The Kier molecular flexibility index (Phi) is 1.06. The maximum Gasteiger partial charge on any atom is 0.0826 e. The summed E-state index contributed by atoms with van der Waals surface area (Å²) < 4.78 is 0. The van der Waals surface area contributed by atoms with E-state index >= 15 is 0 Å². The molecular weight excluding hydrogens is 78.1 g/mol. The zero-order valence-corrected chi connectivity index (χ0v) is 3.44. The van der Waals surface area contributed by atoms with Gasteiger partial charge in [0.2, 0.25) is 0 Å². The van der Waals surface area contributed by atoms with Gasteiger partial charge < -0.3 is 0 Å². The van der Waals surface area contributed by atoms with Gasteiger partial charge in [-0.2, -0.15) is 5.10 Å². The highest BCUT2D eigenvalue weighted by Gasteiger charge is 1.82. The van der Waals surface area contributed by atoms with Gasteiger partial charge in [-0.05, 0) is 0 Å². The summed E-state index contributed by atoms with van der Waals surface area (Å²) in [5, 5.41) is 6.76. The summed E-state index contributed by atoms with van der Waals surface area (Å²) in [5.74, 6) is 0. The van der Waals surface area contributed by atoms with Crippen molar-refractivity contribution in [2.45, 2.75) is 0 Å². The Hall–Kier alpha value is -0.570. The number of nitrogens with one attached hydrogen (secondary N) is 2. The van der Waals surface area contributed by atoms with Crippen LogP contribution in [0, 0.1) is 0 Å². The molecule has 0 saturated carbocycles. The molecule has 0 aromatic rings. The van der Waals surface area contributed by atoms with E-state index in [1.165, 1.54) is 0 Å². The third-order valence-electron chi connectivity index (χ3n) is 0.622. The molecule has 6 heavy (non-hydrogen) atoms. The molecule has 3 heteroatoms. The maximum absolute atomic E-state index is 3.74. The topological polar surface area (TPSA) is 36.4 Å². The SMILES string of the molecule is C1=NNCNC1. The lowest BCUT2D eigenvalue weighted by Crippen LogP contribution is -2.31. The van der Waals surface area contributed by atoms with Crippen molar-refractivity contribution in [3.63, 3.8) is 0 Å². The van der Waals surface area contributed by atoms with Crippen molar-refractivity contribution in [3.8, 4) is 0 Å². The van der Waals surface area contributed by atoms with Crippen LogP contribution in [0.1, 0.15) is 0 Å². The van der Waals surface area contributed by atoms with Crippen LogP contribution in [0.3, 0.4) is 0 Å². The third-order valence-corrected chi connectivity index (χ3v) is 0.622. The summed E-state index contributed by atoms with van der Waals surface area (Å²) >= 11 is 0. The minimum atomic E-state index is 0.802. The second-order valence-corrected chi connectivity index (χ2v) is 1.10. The van der Waals surface area contributed by atoms with E-state index in [2.05, 4.69) is 15.8 Å². The van der Waals surface area contributed by atoms with Crippen molar-refractivity contribution in [3.05, 3.63) is 0 Å². The molecule has 0 radical (unpaired) electrons. The van der Waals surface area contributed by atoms with Gasteiger partial charge >= 0.3 is 0 Å². The smallest absolute Gasteiger partial charge is 0.0826 e. The first-order valence-corrected chi connectivity index (χ1v) is 1.95. The Balaban J connectivity index is 2.26. The number of rotatable bonds is 0. The molecule has 0 spiro atoms. The third kappa shape index (κ3) is 0.687. The number of hydrazone groups is 1. The molecule has 1 aliphatic heterocycles. The van der Waals surface area contributed by atoms with Gasteiger partial charge in [0.15, 0.2) is 0 Å². The van der Waals surface area contributed by atoms with Crippen LogP contribution < -0.4 is 10.7 Å². The highest BCUT2D eigenvalue weighted by atomic mass is 15.3. The Morgan fingerprint density at radius 1 is 1.67 bits per heavy atom. The number of nitrogens with zero attached hydrogens (tertiary/aromatic N) is 1. The standard InChI is InChI=1S/C3H7N3/c1-2-5-6-3-4-1/h2,4,6H,1,3H2. The zero-order chi connectivity index (χ0) is 4.24. The van der Waals surface area contributed by atoms with Crippen LogP contribution in [0.25, 0.3) is 0 Å². The first-order chi connectivity index (χ1) is 3.00. The van der Waals surface area contributed by atoms with E-state index in [1.54, 1.807) is 6.21 Å². The number of hydrogen-bond donors (Lipinski definition) is 2. The molecule has 0 atom stereocenters. The normalized spacial score (nSPS) is 20.0. The van der Waals surface area contributed by atoms with Gasteiger partial charge in [0.25, 0.3) is 0 Å². The molecule has 0 aromatic carbocycles. The lowest BCUT2D eigenvalue weighted by molar-refractivity contribution is 0.622. The second-order valence-electron chi connectivity index (χ2n) is 1.10. The fourth-order valence-corrected chi connectivity index (χ4v) is 0.348. The molecule has 1 rings (SSSR count). The van der Waals surface area contributed by atoms with E-state index in [9.17, 15) is 0 Å². The van der Waals surface area contributed by atoms with Crippen LogP contribution in [-0.2, 0) is 0 Å². The van der Waals surface area contributed by atoms with Crippen LogP contribution in [0.5, 0.6) is 0 Å². The van der Waals surface area contributed by atoms with Crippen LogP contribution in [-0.4, -0.2) is 19.4 Å². The Morgan fingerprint density at radius 3 is 2.83 bits per heavy atom. The molecule has 0 fully saturated rings. The van der Waals surface area contributed by atoms with E-state index < -0.39 is 0 Å². The second kappa shape index (κ2) is 1.77. The predicted octanol–water partition coefficient (Wildman–Crippen LogP) is -0.878. The van der Waals surface area contributed by atoms with Crippen LogP contribution >= 0.6 is 0 Å². The summed E-state index contributed by atoms with van der Waals surface area (Å²) in [4.78, 5) is 0. The summed E-state index contributed by atoms with van der Waals surface area (Å²) in [7, 11) is 0. The lowest BCUT2D eigenvalue weighted by atomic mass is 10.7. The van der Waals surface area contributed by atoms with Gasteiger partial charge in [0, 0.05) is 12.8 Å². The molecule has 0 unspecified atom stereocenters. The molecule has 0 saturated heterocycles. The average Bonchev–Trinajstić information content (AvgIpc) is 1.72. The van der Waals surface area contributed by atoms with Gasteiger partial charge in [-0.15, -0.1) is 0 Å². The van der Waals surface area contributed by atoms with E-state index in [4.69, 9.17) is 0 Å². The Morgan fingerprint density at radius 2 is 2.67 bits per heavy atom. The summed E-state index contributed by atoms with van der Waals surface area (Å²) in [6, 6.07) is 0. The molecule has 0 aliphatic carbocycles. The van der Waals surface area contributed by atoms with Crippen molar-refractivity contribution >= 4 is 6.21 Å². The van der Waals surface area contributed by atoms with Crippen molar-refractivity contribution < 1.29 is 0 Å². The molecule has 34 valence electrons. The molecule has 0 amide bonds. The zero-order valence-electron chi connectivity index (χ0n) is 3.44. The molecule has 0 aromatic heterocycles. The summed E-state index contributed by atoms with van der Waals surface area (Å²) in [6.07, 6.45) is 1.80. The van der Waals surface area contributed by atoms with Gasteiger partial charge in [-0.3, -0.25) is 10.7 Å². The van der Waals surface area contributed by atoms with Crippen LogP contribution in [0.15, 0.2) is 5.10 Å². The highest BCUT2D eigenvalue weighted by Crippen LogP contribution is 1.60. The van der Waals surface area contributed by atoms with E-state index in [0.29, 0.717) is 0 Å². The molecule has 1 heterocycles. The minimum Gasteiger partial charge on any atom is -0.296 e. The van der Waals surface area contributed by atoms with E-state index in [-0.39, 0.29) is 0 Å². The molecule has 3 nitrogen and oxygen atoms in total. The monoisotopic (exact) mass is 85.1 g/mol. The first-order valence-electron chi connectivity index (χ1n) is 1.95. The van der Waals surface area contributed by atoms with Gasteiger partial charge in [-0.25, -0.2) is 0 Å². The van der Waals surface area contributed by atoms with Gasteiger partial charge in [0.05, 0.1) is 6.67 Å². The average molecular weight is 85.1 g/mol. The summed E-state index contributed by atoms with van der Waals surface area (Å²) in [5.41, 5.74) is 2.74. The number of hydrogen-bond acceptors (Lipinski definition) is 3. The molecule has 2 N–H and O–H groups in total. The molecule has 0 bridgehead atoms. The molecule has 1 aliphatic rings. The minimum absolute atomic E-state index is 0.802. The first kappa shape index (κ1) is 3.61. The largest absolute Gasteiger partial charge is 0.296 e. The summed E-state index contributed by atoms with van der Waals surface area (Å²) in [6.45, 7) is 1.70. The van der Waals surface area contributed by atoms with Crippen molar-refractivity contribution in [2.75, 3.05) is 13.2 Å². The molecular formula is C3H7N3. The van der Waals surface area contributed by atoms with Crippen molar-refractivity contribution in [1.82, 2.24) is 10.7 Å². The Labute approximate surface area is 36.4 Å². The van der Waals surface area contributed by atoms with E-state index in [0.717, 1.165) is 13.2 Å². The predicted molar refractivity (Wildman–Crippen MR) is 24.5 cm³/mol. The fraction of sp³-hybridized carbons (Fsp3) is 0.667. The maximum atomic E-state index is 3.74. The van der Waals surface area contributed by atoms with Gasteiger partial charge in [-0.1, -0.05) is 0 Å². The van der Waals surface area contributed by atoms with Gasteiger partial charge in [0.1, 0.15) is 0 Å². The highest BCUT2D eigenvalue weighted by molar-refractivity contribution is 5.59. The van der Waals surface area contributed by atoms with Crippen molar-refractivity contribution in [1.29, 1.82) is 0 Å². The quantitative estimate of drug-likeness (QED) is 0.401. The Bertz CT molecular complexity index is 51.1. The fourth-order valence-electron chi connectivity index (χ4n) is 0.348. The van der Waals surface area contributed by atoms with Crippen molar-refractivity contribution in [2.24, 2.45) is 5.10 Å². The lowest BCUT2D eigenvalue weighted by Gasteiger charge is -2.03. The van der Waals surface area contributed by atoms with E-state index in [1.807, 2.05) is 0 Å². The van der Waals surface area contributed by atoms with Crippen LogP contribution in [0.4, 0.5) is 0 Å².